The lowest BCUT2D eigenvalue weighted by Crippen LogP contribution is -2.00. The molecule has 1 atom stereocenters. The van der Waals surface area contributed by atoms with Gasteiger partial charge in [-0.3, -0.25) is 0 Å². The summed E-state index contributed by atoms with van der Waals surface area (Å²) in [4.78, 5) is 0. The monoisotopic (exact) mass is 270 g/mol. The van der Waals surface area contributed by atoms with Crippen molar-refractivity contribution in [3.8, 4) is 11.5 Å². The van der Waals surface area contributed by atoms with Crippen LogP contribution in [0, 0.1) is 20.8 Å². The highest BCUT2D eigenvalue weighted by Crippen LogP contribution is 2.33. The van der Waals surface area contributed by atoms with Crippen molar-refractivity contribution in [1.29, 1.82) is 0 Å². The van der Waals surface area contributed by atoms with Crippen LogP contribution in [-0.2, 0) is 0 Å². The van der Waals surface area contributed by atoms with Crippen LogP contribution in [-0.4, -0.2) is 5.11 Å². The van der Waals surface area contributed by atoms with E-state index in [9.17, 15) is 5.11 Å². The van der Waals surface area contributed by atoms with E-state index in [0.717, 1.165) is 22.6 Å². The normalized spacial score (nSPS) is 12.2. The van der Waals surface area contributed by atoms with Gasteiger partial charge < -0.3 is 9.84 Å². The van der Waals surface area contributed by atoms with Gasteiger partial charge in [0.2, 0.25) is 0 Å². The molecular weight excluding hydrogens is 248 g/mol. The molecule has 0 aliphatic rings. The molecule has 0 saturated heterocycles. The van der Waals surface area contributed by atoms with Crippen molar-refractivity contribution in [2.45, 2.75) is 40.2 Å². The van der Waals surface area contributed by atoms with Gasteiger partial charge in [-0.15, -0.1) is 0 Å². The molecule has 0 unspecified atom stereocenters. The average molecular weight is 270 g/mol. The molecule has 1 N–H and O–H groups in total. The molecule has 2 heteroatoms. The van der Waals surface area contributed by atoms with Gasteiger partial charge in [-0.25, -0.2) is 0 Å². The predicted molar refractivity (Wildman–Crippen MR) is 82.4 cm³/mol. The lowest BCUT2D eigenvalue weighted by atomic mass is 10.0. The number of ether oxygens (including phenoxy) is 1. The Bertz CT molecular complexity index is 602. The second-order valence-electron chi connectivity index (χ2n) is 5.27. The van der Waals surface area contributed by atoms with Gasteiger partial charge in [-0.05, 0) is 56.0 Å². The van der Waals surface area contributed by atoms with E-state index >= 15 is 0 Å². The minimum absolute atomic E-state index is 0.489. The van der Waals surface area contributed by atoms with Crippen molar-refractivity contribution >= 4 is 0 Å². The molecule has 2 rings (SSSR count). The average Bonchev–Trinajstić information content (AvgIpc) is 2.44. The zero-order valence-corrected chi connectivity index (χ0v) is 12.6. The fourth-order valence-electron chi connectivity index (χ4n) is 2.29. The molecule has 0 aromatic heterocycles. The Morgan fingerprint density at radius 2 is 1.75 bits per heavy atom. The van der Waals surface area contributed by atoms with E-state index in [1.807, 2.05) is 37.3 Å². The maximum Gasteiger partial charge on any atom is 0.133 e. The highest BCUT2D eigenvalue weighted by atomic mass is 16.5. The first-order valence-electron chi connectivity index (χ1n) is 7.05. The minimum Gasteiger partial charge on any atom is -0.457 e. The molecule has 0 radical (unpaired) electrons. The van der Waals surface area contributed by atoms with Crippen molar-refractivity contribution in [2.24, 2.45) is 0 Å². The lowest BCUT2D eigenvalue weighted by molar-refractivity contribution is 0.170. The highest BCUT2D eigenvalue weighted by Gasteiger charge is 2.13. The molecule has 2 nitrogen and oxygen atoms in total. The van der Waals surface area contributed by atoms with E-state index in [-0.39, 0.29) is 0 Å². The van der Waals surface area contributed by atoms with Crippen molar-refractivity contribution in [2.75, 3.05) is 0 Å². The van der Waals surface area contributed by atoms with Crippen LogP contribution >= 0.6 is 0 Å². The van der Waals surface area contributed by atoms with Crippen LogP contribution in [0.1, 0.15) is 41.7 Å². The molecule has 2 aromatic rings. The first kappa shape index (κ1) is 14.6. The zero-order chi connectivity index (χ0) is 14.7. The summed E-state index contributed by atoms with van der Waals surface area (Å²) in [6.45, 7) is 8.17. The molecule has 0 heterocycles. The van der Waals surface area contributed by atoms with Gasteiger partial charge in [-0.1, -0.05) is 31.2 Å². The first-order valence-corrected chi connectivity index (χ1v) is 7.05. The van der Waals surface area contributed by atoms with Crippen LogP contribution in [0.25, 0.3) is 0 Å². The molecule has 0 spiro atoms. The predicted octanol–water partition coefficient (Wildman–Crippen LogP) is 4.85. The van der Waals surface area contributed by atoms with Gasteiger partial charge >= 0.3 is 0 Å². The highest BCUT2D eigenvalue weighted by molar-refractivity contribution is 5.46. The fourth-order valence-corrected chi connectivity index (χ4v) is 2.29. The summed E-state index contributed by atoms with van der Waals surface area (Å²) in [5.74, 6) is 1.59. The van der Waals surface area contributed by atoms with Gasteiger partial charge in [0.15, 0.2) is 0 Å². The number of para-hydroxylation sites is 1. The summed E-state index contributed by atoms with van der Waals surface area (Å²) in [7, 11) is 0. The fraction of sp³-hybridized carbons (Fsp3) is 0.333. The van der Waals surface area contributed by atoms with Crippen LogP contribution in [0.4, 0.5) is 0 Å². The molecular formula is C18H22O2. The Hall–Kier alpha value is -1.80. The van der Waals surface area contributed by atoms with E-state index in [4.69, 9.17) is 4.74 Å². The SMILES string of the molecule is CC[C@@H](O)c1ccccc1Oc1cc(C)cc(C)c1C. The lowest BCUT2D eigenvalue weighted by Gasteiger charge is -2.17. The number of benzene rings is 2. The van der Waals surface area contributed by atoms with Crippen LogP contribution in [0.2, 0.25) is 0 Å². The Balaban J connectivity index is 2.40. The van der Waals surface area contributed by atoms with Crippen LogP contribution in [0.15, 0.2) is 36.4 Å². The number of hydrogen-bond donors (Lipinski definition) is 1. The summed E-state index contributed by atoms with van der Waals surface area (Å²) in [5.41, 5.74) is 4.37. The smallest absolute Gasteiger partial charge is 0.133 e. The minimum atomic E-state index is -0.489. The molecule has 0 bridgehead atoms. The van der Waals surface area contributed by atoms with Crippen molar-refractivity contribution in [3.63, 3.8) is 0 Å². The maximum atomic E-state index is 10.1. The quantitative estimate of drug-likeness (QED) is 0.860. The molecule has 106 valence electrons. The van der Waals surface area contributed by atoms with Crippen molar-refractivity contribution in [1.82, 2.24) is 0 Å². The summed E-state index contributed by atoms with van der Waals surface area (Å²) in [6.07, 6.45) is 0.184. The number of aryl methyl sites for hydroxylation is 2. The molecule has 0 fully saturated rings. The number of aliphatic hydroxyl groups is 1. The number of rotatable bonds is 4. The Labute approximate surface area is 121 Å². The van der Waals surface area contributed by atoms with Gasteiger partial charge in [0.25, 0.3) is 0 Å². The molecule has 20 heavy (non-hydrogen) atoms. The summed E-state index contributed by atoms with van der Waals surface area (Å²) < 4.78 is 6.06. The third kappa shape index (κ3) is 3.02. The molecule has 2 aromatic carbocycles. The van der Waals surface area contributed by atoms with Gasteiger partial charge in [0.05, 0.1) is 6.10 Å². The molecule has 0 saturated carbocycles. The Morgan fingerprint density at radius 1 is 1.05 bits per heavy atom. The van der Waals surface area contributed by atoms with E-state index in [0.29, 0.717) is 6.42 Å². The molecule has 0 aliphatic heterocycles. The van der Waals surface area contributed by atoms with Crippen molar-refractivity contribution in [3.05, 3.63) is 58.7 Å². The summed E-state index contributed by atoms with van der Waals surface area (Å²) in [5, 5.41) is 10.1. The molecule has 0 amide bonds. The third-order valence-electron chi connectivity index (χ3n) is 3.65. The Kier molecular flexibility index (Phi) is 4.46. The van der Waals surface area contributed by atoms with Gasteiger partial charge in [0.1, 0.15) is 11.5 Å². The van der Waals surface area contributed by atoms with E-state index in [1.54, 1.807) is 0 Å². The zero-order valence-electron chi connectivity index (χ0n) is 12.6. The number of hydrogen-bond acceptors (Lipinski definition) is 2. The maximum absolute atomic E-state index is 10.1. The van der Waals surface area contributed by atoms with E-state index in [2.05, 4.69) is 26.8 Å². The third-order valence-corrected chi connectivity index (χ3v) is 3.65. The van der Waals surface area contributed by atoms with Gasteiger partial charge in [-0.2, -0.15) is 0 Å². The van der Waals surface area contributed by atoms with Crippen LogP contribution in [0.3, 0.4) is 0 Å². The second-order valence-corrected chi connectivity index (χ2v) is 5.27. The first-order chi connectivity index (χ1) is 9.52. The van der Waals surface area contributed by atoms with Crippen LogP contribution in [0.5, 0.6) is 11.5 Å². The molecule has 0 aliphatic carbocycles. The van der Waals surface area contributed by atoms with E-state index < -0.39 is 6.10 Å². The topological polar surface area (TPSA) is 29.5 Å². The second kappa shape index (κ2) is 6.10. The standard InChI is InChI=1S/C18H22O2/c1-5-16(19)15-8-6-7-9-17(15)20-18-11-12(2)10-13(3)14(18)4/h6-11,16,19H,5H2,1-4H3/t16-/m1/s1. The van der Waals surface area contributed by atoms with E-state index in [1.165, 1.54) is 11.1 Å². The Morgan fingerprint density at radius 3 is 2.45 bits per heavy atom. The summed E-state index contributed by atoms with van der Waals surface area (Å²) >= 11 is 0. The largest absolute Gasteiger partial charge is 0.457 e. The summed E-state index contributed by atoms with van der Waals surface area (Å²) in [6, 6.07) is 11.9. The number of aliphatic hydroxyl groups excluding tert-OH is 1. The van der Waals surface area contributed by atoms with Crippen LogP contribution < -0.4 is 4.74 Å². The van der Waals surface area contributed by atoms with Crippen molar-refractivity contribution < 1.29 is 9.84 Å². The van der Waals surface area contributed by atoms with Gasteiger partial charge in [0, 0.05) is 5.56 Å².